The van der Waals surface area contributed by atoms with E-state index in [9.17, 15) is 4.79 Å². The number of amides is 1. The number of carbonyl (C=O) groups excluding carboxylic acids is 1. The van der Waals surface area contributed by atoms with Gasteiger partial charge in [-0.3, -0.25) is 4.79 Å². The van der Waals surface area contributed by atoms with E-state index in [0.717, 1.165) is 54.7 Å². The van der Waals surface area contributed by atoms with Gasteiger partial charge in [-0.15, -0.1) is 0 Å². The van der Waals surface area contributed by atoms with E-state index in [-0.39, 0.29) is 11.3 Å². The maximum Gasteiger partial charge on any atom is 0.221 e. The maximum absolute atomic E-state index is 11.8. The van der Waals surface area contributed by atoms with Gasteiger partial charge < -0.3 is 15.2 Å². The highest BCUT2D eigenvalue weighted by molar-refractivity contribution is 5.76. The van der Waals surface area contributed by atoms with Crippen LogP contribution in [0, 0.1) is 19.3 Å². The van der Waals surface area contributed by atoms with Crippen LogP contribution in [-0.4, -0.2) is 38.9 Å². The molecule has 0 aromatic carbocycles. The number of carbonyl (C=O) groups is 1. The molecule has 1 fully saturated rings. The van der Waals surface area contributed by atoms with Gasteiger partial charge in [-0.1, -0.05) is 6.92 Å². The Balaban J connectivity index is 1.91. The SMILES string of the molecule is CC(=O)N/C(=C\c1cnc(C)[nH]1)[C@@]1(C)CCCN(c2cc(C)ncn2)C1. The van der Waals surface area contributed by atoms with E-state index in [2.05, 4.69) is 37.1 Å². The summed E-state index contributed by atoms with van der Waals surface area (Å²) in [6, 6.07) is 2.01. The summed E-state index contributed by atoms with van der Waals surface area (Å²) >= 11 is 0. The van der Waals surface area contributed by atoms with E-state index < -0.39 is 0 Å². The molecule has 0 saturated carbocycles. The average Bonchev–Trinajstić information content (AvgIpc) is 2.99. The van der Waals surface area contributed by atoms with Crippen molar-refractivity contribution in [2.24, 2.45) is 5.41 Å². The van der Waals surface area contributed by atoms with Crippen molar-refractivity contribution < 1.29 is 4.79 Å². The number of aryl methyl sites for hydroxylation is 2. The zero-order valence-electron chi connectivity index (χ0n) is 15.8. The second-order valence-corrected chi connectivity index (χ2v) is 7.27. The summed E-state index contributed by atoms with van der Waals surface area (Å²) in [5.74, 6) is 1.72. The number of hydrogen-bond donors (Lipinski definition) is 2. The molecule has 2 aromatic heterocycles. The predicted molar refractivity (Wildman–Crippen MR) is 101 cm³/mol. The zero-order valence-corrected chi connectivity index (χ0v) is 15.8. The fourth-order valence-corrected chi connectivity index (χ4v) is 3.49. The molecule has 1 aliphatic rings. The lowest BCUT2D eigenvalue weighted by molar-refractivity contribution is -0.118. The average molecular weight is 354 g/mol. The zero-order chi connectivity index (χ0) is 18.7. The molecule has 3 heterocycles. The molecule has 0 bridgehead atoms. The molecular formula is C19H26N6O. The van der Waals surface area contributed by atoms with E-state index in [1.165, 1.54) is 0 Å². The molecule has 0 spiro atoms. The first kappa shape index (κ1) is 18.1. The molecular weight excluding hydrogens is 328 g/mol. The van der Waals surface area contributed by atoms with E-state index in [1.807, 2.05) is 26.0 Å². The molecule has 138 valence electrons. The van der Waals surface area contributed by atoms with E-state index in [1.54, 1.807) is 19.4 Å². The van der Waals surface area contributed by atoms with Gasteiger partial charge in [0.05, 0.1) is 11.9 Å². The molecule has 1 saturated heterocycles. The van der Waals surface area contributed by atoms with Crippen molar-refractivity contribution in [3.05, 3.63) is 41.5 Å². The monoisotopic (exact) mass is 354 g/mol. The first-order chi connectivity index (χ1) is 12.4. The first-order valence-corrected chi connectivity index (χ1v) is 8.91. The molecule has 1 atom stereocenters. The Hall–Kier alpha value is -2.70. The van der Waals surface area contributed by atoms with Crippen LogP contribution < -0.4 is 10.2 Å². The third-order valence-electron chi connectivity index (χ3n) is 4.79. The molecule has 0 aliphatic carbocycles. The highest BCUT2D eigenvalue weighted by Crippen LogP contribution is 2.37. The molecule has 0 radical (unpaired) electrons. The van der Waals surface area contributed by atoms with Crippen LogP contribution in [0.2, 0.25) is 0 Å². The van der Waals surface area contributed by atoms with Crippen LogP contribution in [0.3, 0.4) is 0 Å². The molecule has 1 aliphatic heterocycles. The van der Waals surface area contributed by atoms with Gasteiger partial charge in [0.2, 0.25) is 5.91 Å². The molecule has 26 heavy (non-hydrogen) atoms. The minimum atomic E-state index is -0.193. The largest absolute Gasteiger partial charge is 0.356 e. The van der Waals surface area contributed by atoms with Crippen molar-refractivity contribution in [1.29, 1.82) is 0 Å². The van der Waals surface area contributed by atoms with Crippen LogP contribution in [0.15, 0.2) is 24.3 Å². The highest BCUT2D eigenvalue weighted by atomic mass is 16.1. The summed E-state index contributed by atoms with van der Waals surface area (Å²) in [5.41, 5.74) is 2.56. The van der Waals surface area contributed by atoms with Gasteiger partial charge in [-0.25, -0.2) is 15.0 Å². The van der Waals surface area contributed by atoms with Crippen molar-refractivity contribution >= 4 is 17.8 Å². The number of imidazole rings is 1. The molecule has 1 amide bonds. The minimum absolute atomic E-state index is 0.0660. The smallest absolute Gasteiger partial charge is 0.221 e. The van der Waals surface area contributed by atoms with Gasteiger partial charge in [-0.2, -0.15) is 0 Å². The number of hydrogen-bond acceptors (Lipinski definition) is 5. The number of H-pyrrole nitrogens is 1. The molecule has 7 heteroatoms. The van der Waals surface area contributed by atoms with Gasteiger partial charge in [0.1, 0.15) is 18.0 Å². The fraction of sp³-hybridized carbons (Fsp3) is 0.474. The van der Waals surface area contributed by atoms with E-state index >= 15 is 0 Å². The number of rotatable bonds is 4. The van der Waals surface area contributed by atoms with E-state index in [0.29, 0.717) is 0 Å². The van der Waals surface area contributed by atoms with Crippen molar-refractivity contribution in [3.8, 4) is 0 Å². The van der Waals surface area contributed by atoms with Gasteiger partial charge in [-0.05, 0) is 32.8 Å². The number of aromatic nitrogens is 4. The van der Waals surface area contributed by atoms with Crippen LogP contribution in [0.1, 0.15) is 43.9 Å². The number of nitrogens with one attached hydrogen (secondary N) is 2. The second-order valence-electron chi connectivity index (χ2n) is 7.27. The third kappa shape index (κ3) is 4.09. The standard InChI is InChI=1S/C19H26N6O/c1-13-8-18(22-12-21-13)25-7-5-6-19(4,11-25)17(24-15(3)26)9-16-10-20-14(2)23-16/h8-10,12H,5-7,11H2,1-4H3,(H,20,23)(H,24,26)/b17-9-/t19-/m0/s1. The molecule has 0 unspecified atom stereocenters. The summed E-state index contributed by atoms with van der Waals surface area (Å²) in [6.45, 7) is 9.35. The van der Waals surface area contributed by atoms with Crippen LogP contribution in [0.25, 0.3) is 6.08 Å². The number of aromatic amines is 1. The lowest BCUT2D eigenvalue weighted by atomic mass is 9.78. The van der Waals surface area contributed by atoms with Crippen LogP contribution in [-0.2, 0) is 4.79 Å². The Labute approximate surface area is 154 Å². The quantitative estimate of drug-likeness (QED) is 0.881. The highest BCUT2D eigenvalue weighted by Gasteiger charge is 2.36. The molecule has 2 aromatic rings. The minimum Gasteiger partial charge on any atom is -0.356 e. The lowest BCUT2D eigenvalue weighted by Crippen LogP contribution is -2.46. The topological polar surface area (TPSA) is 86.8 Å². The molecule has 2 N–H and O–H groups in total. The first-order valence-electron chi connectivity index (χ1n) is 8.91. The molecule has 7 nitrogen and oxygen atoms in total. The van der Waals surface area contributed by atoms with Crippen molar-refractivity contribution in [3.63, 3.8) is 0 Å². The van der Waals surface area contributed by atoms with Crippen LogP contribution in [0.4, 0.5) is 5.82 Å². The Morgan fingerprint density at radius 3 is 2.81 bits per heavy atom. The number of nitrogens with zero attached hydrogens (tertiary/aromatic N) is 4. The van der Waals surface area contributed by atoms with Crippen molar-refractivity contribution in [2.45, 2.75) is 40.5 Å². The Morgan fingerprint density at radius 2 is 2.15 bits per heavy atom. The number of anilines is 1. The fourth-order valence-electron chi connectivity index (χ4n) is 3.49. The normalized spacial score (nSPS) is 20.9. The maximum atomic E-state index is 11.8. The Kier molecular flexibility index (Phi) is 5.06. The summed E-state index contributed by atoms with van der Waals surface area (Å²) < 4.78 is 0. The summed E-state index contributed by atoms with van der Waals surface area (Å²) in [4.78, 5) is 30.2. The summed E-state index contributed by atoms with van der Waals surface area (Å²) in [6.07, 6.45) is 7.41. The van der Waals surface area contributed by atoms with E-state index in [4.69, 9.17) is 0 Å². The van der Waals surface area contributed by atoms with Crippen LogP contribution >= 0.6 is 0 Å². The van der Waals surface area contributed by atoms with Crippen molar-refractivity contribution in [2.75, 3.05) is 18.0 Å². The summed E-state index contributed by atoms with van der Waals surface area (Å²) in [7, 11) is 0. The summed E-state index contributed by atoms with van der Waals surface area (Å²) in [5, 5.41) is 3.05. The van der Waals surface area contributed by atoms with Crippen LogP contribution in [0.5, 0.6) is 0 Å². The molecule has 3 rings (SSSR count). The Bertz CT molecular complexity index is 827. The Morgan fingerprint density at radius 1 is 1.35 bits per heavy atom. The van der Waals surface area contributed by atoms with Gasteiger partial charge in [0, 0.05) is 42.9 Å². The third-order valence-corrected chi connectivity index (χ3v) is 4.79. The van der Waals surface area contributed by atoms with Crippen molar-refractivity contribution in [1.82, 2.24) is 25.3 Å². The van der Waals surface area contributed by atoms with Gasteiger partial charge in [0.15, 0.2) is 0 Å². The van der Waals surface area contributed by atoms with Gasteiger partial charge >= 0.3 is 0 Å². The number of piperidine rings is 1. The second kappa shape index (κ2) is 7.27. The lowest BCUT2D eigenvalue weighted by Gasteiger charge is -2.42. The van der Waals surface area contributed by atoms with Gasteiger partial charge in [0.25, 0.3) is 0 Å². The predicted octanol–water partition coefficient (Wildman–Crippen LogP) is 2.60.